The summed E-state index contributed by atoms with van der Waals surface area (Å²) in [6, 6.07) is 0.0102. The van der Waals surface area contributed by atoms with E-state index in [1.54, 1.807) is 11.8 Å². The van der Waals surface area contributed by atoms with Crippen molar-refractivity contribution in [1.29, 1.82) is 0 Å². The van der Waals surface area contributed by atoms with Gasteiger partial charge in [-0.05, 0) is 18.4 Å². The molecule has 2 amide bonds. The van der Waals surface area contributed by atoms with Gasteiger partial charge in [-0.1, -0.05) is 6.58 Å². The monoisotopic (exact) mass is 172 g/mol. The Morgan fingerprint density at radius 2 is 2.45 bits per heavy atom. The van der Waals surface area contributed by atoms with Gasteiger partial charge in [-0.3, -0.25) is 0 Å². The molecule has 0 spiro atoms. The first kappa shape index (κ1) is 8.46. The molecule has 4 heteroatoms. The number of amides is 2. The molecule has 1 aliphatic heterocycles. The van der Waals surface area contributed by atoms with Gasteiger partial charge >= 0.3 is 6.03 Å². The molecule has 1 aliphatic rings. The Balaban J connectivity index is 2.34. The number of urea groups is 1. The summed E-state index contributed by atoms with van der Waals surface area (Å²) in [5, 5.41) is 5.40. The number of rotatable bonds is 3. The molecule has 1 saturated heterocycles. The minimum atomic E-state index is -0.124. The highest BCUT2D eigenvalue weighted by Gasteiger charge is 2.22. The van der Waals surface area contributed by atoms with Gasteiger partial charge < -0.3 is 10.6 Å². The van der Waals surface area contributed by atoms with Crippen LogP contribution in [-0.4, -0.2) is 24.1 Å². The minimum Gasteiger partial charge on any atom is -0.330 e. The van der Waals surface area contributed by atoms with E-state index in [-0.39, 0.29) is 12.1 Å². The molecule has 1 unspecified atom stereocenters. The first-order chi connectivity index (χ1) is 5.24. The van der Waals surface area contributed by atoms with Crippen LogP contribution < -0.4 is 10.6 Å². The van der Waals surface area contributed by atoms with Gasteiger partial charge in [-0.25, -0.2) is 4.79 Å². The lowest BCUT2D eigenvalue weighted by molar-refractivity contribution is 0.247. The Kier molecular flexibility index (Phi) is 2.82. The Morgan fingerprint density at radius 3 is 2.91 bits per heavy atom. The summed E-state index contributed by atoms with van der Waals surface area (Å²) in [5.74, 6) is 1.05. The van der Waals surface area contributed by atoms with E-state index in [1.807, 2.05) is 6.26 Å². The zero-order chi connectivity index (χ0) is 8.27. The SMILES string of the molecule is C=C1NC(=O)NC1CCSC. The largest absolute Gasteiger partial charge is 0.330 e. The fourth-order valence-corrected chi connectivity index (χ4v) is 1.47. The normalized spacial score (nSPS) is 23.2. The van der Waals surface area contributed by atoms with E-state index in [9.17, 15) is 4.79 Å². The number of carbonyl (C=O) groups is 1. The van der Waals surface area contributed by atoms with Crippen LogP contribution in [0.1, 0.15) is 6.42 Å². The summed E-state index contributed by atoms with van der Waals surface area (Å²) >= 11 is 1.77. The molecular weight excluding hydrogens is 160 g/mol. The molecule has 0 bridgehead atoms. The molecule has 1 fully saturated rings. The van der Waals surface area contributed by atoms with Crippen LogP contribution in [-0.2, 0) is 0 Å². The van der Waals surface area contributed by atoms with Crippen LogP contribution in [0.3, 0.4) is 0 Å². The van der Waals surface area contributed by atoms with Crippen LogP contribution in [0.4, 0.5) is 4.79 Å². The van der Waals surface area contributed by atoms with Gasteiger partial charge in [0.2, 0.25) is 0 Å². The van der Waals surface area contributed by atoms with E-state index < -0.39 is 0 Å². The molecule has 0 aliphatic carbocycles. The zero-order valence-electron chi connectivity index (χ0n) is 6.52. The summed E-state index contributed by atoms with van der Waals surface area (Å²) in [5.41, 5.74) is 0.795. The van der Waals surface area contributed by atoms with Gasteiger partial charge in [0.05, 0.1) is 6.04 Å². The lowest BCUT2D eigenvalue weighted by atomic mass is 10.2. The summed E-state index contributed by atoms with van der Waals surface area (Å²) in [6.45, 7) is 3.74. The van der Waals surface area contributed by atoms with Gasteiger partial charge in [0.15, 0.2) is 0 Å². The number of nitrogens with one attached hydrogen (secondary N) is 2. The van der Waals surface area contributed by atoms with Gasteiger partial charge in [0.1, 0.15) is 0 Å². The van der Waals surface area contributed by atoms with Crippen LogP contribution in [0, 0.1) is 0 Å². The highest BCUT2D eigenvalue weighted by Crippen LogP contribution is 2.09. The van der Waals surface area contributed by atoms with Crippen LogP contribution in [0.25, 0.3) is 0 Å². The maximum atomic E-state index is 10.7. The summed E-state index contributed by atoms with van der Waals surface area (Å²) in [4.78, 5) is 10.7. The van der Waals surface area contributed by atoms with E-state index in [1.165, 1.54) is 0 Å². The third-order valence-electron chi connectivity index (χ3n) is 1.61. The maximum Gasteiger partial charge on any atom is 0.319 e. The van der Waals surface area contributed by atoms with E-state index >= 15 is 0 Å². The van der Waals surface area contributed by atoms with Crippen molar-refractivity contribution in [2.45, 2.75) is 12.5 Å². The zero-order valence-corrected chi connectivity index (χ0v) is 7.33. The first-order valence-corrected chi connectivity index (χ1v) is 4.88. The average molecular weight is 172 g/mol. The van der Waals surface area contributed by atoms with Crippen LogP contribution in [0.15, 0.2) is 12.3 Å². The molecule has 1 rings (SSSR count). The van der Waals surface area contributed by atoms with Gasteiger partial charge in [0.25, 0.3) is 0 Å². The number of hydrogen-bond donors (Lipinski definition) is 2. The van der Waals surface area contributed by atoms with Gasteiger partial charge in [-0.15, -0.1) is 0 Å². The number of hydrogen-bond acceptors (Lipinski definition) is 2. The Hall–Kier alpha value is -0.640. The molecule has 0 aromatic heterocycles. The van der Waals surface area contributed by atoms with Crippen molar-refractivity contribution in [2.75, 3.05) is 12.0 Å². The maximum absolute atomic E-state index is 10.7. The summed E-state index contributed by atoms with van der Waals surface area (Å²) in [6.07, 6.45) is 3.01. The second-order valence-electron chi connectivity index (χ2n) is 2.46. The molecule has 11 heavy (non-hydrogen) atoms. The summed E-state index contributed by atoms with van der Waals surface area (Å²) < 4.78 is 0. The van der Waals surface area contributed by atoms with Crippen molar-refractivity contribution in [3.63, 3.8) is 0 Å². The second kappa shape index (κ2) is 3.67. The van der Waals surface area contributed by atoms with Crippen molar-refractivity contribution in [1.82, 2.24) is 10.6 Å². The number of thioether (sulfide) groups is 1. The molecule has 0 aromatic rings. The molecule has 0 saturated carbocycles. The van der Waals surface area contributed by atoms with Gasteiger partial charge in [-0.2, -0.15) is 11.8 Å². The van der Waals surface area contributed by atoms with Crippen molar-refractivity contribution in [2.24, 2.45) is 0 Å². The fraction of sp³-hybridized carbons (Fsp3) is 0.571. The smallest absolute Gasteiger partial charge is 0.319 e. The highest BCUT2D eigenvalue weighted by molar-refractivity contribution is 7.98. The van der Waals surface area contributed by atoms with Crippen LogP contribution in [0.2, 0.25) is 0 Å². The Morgan fingerprint density at radius 1 is 1.73 bits per heavy atom. The van der Waals surface area contributed by atoms with Crippen molar-refractivity contribution >= 4 is 17.8 Å². The van der Waals surface area contributed by atoms with Crippen molar-refractivity contribution in [3.8, 4) is 0 Å². The van der Waals surface area contributed by atoms with Gasteiger partial charge in [0, 0.05) is 5.70 Å². The lowest BCUT2D eigenvalue weighted by Crippen LogP contribution is -2.26. The number of carbonyl (C=O) groups excluding carboxylic acids is 1. The third-order valence-corrected chi connectivity index (χ3v) is 2.25. The van der Waals surface area contributed by atoms with E-state index in [0.717, 1.165) is 17.9 Å². The quantitative estimate of drug-likeness (QED) is 0.665. The molecule has 0 radical (unpaired) electrons. The van der Waals surface area contributed by atoms with E-state index in [0.29, 0.717) is 0 Å². The van der Waals surface area contributed by atoms with E-state index in [2.05, 4.69) is 17.2 Å². The summed E-state index contributed by atoms with van der Waals surface area (Å²) in [7, 11) is 0. The topological polar surface area (TPSA) is 41.1 Å². The van der Waals surface area contributed by atoms with Crippen LogP contribution >= 0.6 is 11.8 Å². The molecule has 3 nitrogen and oxygen atoms in total. The van der Waals surface area contributed by atoms with Crippen molar-refractivity contribution in [3.05, 3.63) is 12.3 Å². The van der Waals surface area contributed by atoms with Crippen LogP contribution in [0.5, 0.6) is 0 Å². The standard InChI is InChI=1S/C7H12N2OS/c1-5-6(3-4-11-2)9-7(10)8-5/h6H,1,3-4H2,2H3,(H2,8,9,10). The molecule has 62 valence electrons. The average Bonchev–Trinajstić information content (AvgIpc) is 2.26. The highest BCUT2D eigenvalue weighted by atomic mass is 32.2. The first-order valence-electron chi connectivity index (χ1n) is 3.49. The Bertz CT molecular complexity index is 181. The molecule has 2 N–H and O–H groups in total. The molecule has 1 heterocycles. The minimum absolute atomic E-state index is 0.124. The predicted octanol–water partition coefficient (Wildman–Crippen LogP) is 0.935. The lowest BCUT2D eigenvalue weighted by Gasteiger charge is -2.07. The molecule has 1 atom stereocenters. The molecule has 0 aromatic carbocycles. The Labute approximate surface area is 70.6 Å². The fourth-order valence-electron chi connectivity index (χ4n) is 0.996. The molecular formula is C7H12N2OS. The van der Waals surface area contributed by atoms with Crippen molar-refractivity contribution < 1.29 is 4.79 Å². The van der Waals surface area contributed by atoms with E-state index in [4.69, 9.17) is 0 Å². The third kappa shape index (κ3) is 2.15. The predicted molar refractivity (Wildman–Crippen MR) is 47.6 cm³/mol. The second-order valence-corrected chi connectivity index (χ2v) is 3.44.